The summed E-state index contributed by atoms with van der Waals surface area (Å²) >= 11 is 0. The second-order valence-electron chi connectivity index (χ2n) is 7.03. The van der Waals surface area contributed by atoms with Crippen LogP contribution in [0.4, 0.5) is 11.5 Å². The van der Waals surface area contributed by atoms with Gasteiger partial charge in [0.15, 0.2) is 5.69 Å². The predicted molar refractivity (Wildman–Crippen MR) is 112 cm³/mol. The zero-order valence-corrected chi connectivity index (χ0v) is 16.5. The Hall–Kier alpha value is -3.13. The molecule has 1 aromatic heterocycles. The second kappa shape index (κ2) is 9.38. The van der Waals surface area contributed by atoms with Gasteiger partial charge < -0.3 is 15.4 Å². The SMILES string of the molecule is COCCN(C(=O)C1CC=CCC1)c1c(N)n(Cc2ccccc2)c(=O)[nH]c1=O. The Morgan fingerprint density at radius 3 is 2.69 bits per heavy atom. The third kappa shape index (κ3) is 4.65. The van der Waals surface area contributed by atoms with Crippen LogP contribution in [0.15, 0.2) is 52.1 Å². The summed E-state index contributed by atoms with van der Waals surface area (Å²) < 4.78 is 6.41. The molecule has 8 heteroatoms. The van der Waals surface area contributed by atoms with E-state index in [1.807, 2.05) is 42.5 Å². The second-order valence-corrected chi connectivity index (χ2v) is 7.03. The lowest BCUT2D eigenvalue weighted by Crippen LogP contribution is -2.45. The molecule has 3 rings (SSSR count). The third-order valence-electron chi connectivity index (χ3n) is 5.07. The lowest BCUT2D eigenvalue weighted by molar-refractivity contribution is -0.122. The van der Waals surface area contributed by atoms with E-state index >= 15 is 0 Å². The van der Waals surface area contributed by atoms with E-state index in [0.29, 0.717) is 12.8 Å². The van der Waals surface area contributed by atoms with E-state index < -0.39 is 11.2 Å². The minimum atomic E-state index is -0.674. The molecule has 0 saturated heterocycles. The van der Waals surface area contributed by atoms with Crippen molar-refractivity contribution in [2.24, 2.45) is 5.92 Å². The fourth-order valence-corrected chi connectivity index (χ4v) is 3.51. The van der Waals surface area contributed by atoms with E-state index in [1.54, 1.807) is 0 Å². The Bertz CT molecular complexity index is 994. The maximum atomic E-state index is 13.2. The molecule has 1 aliphatic rings. The highest BCUT2D eigenvalue weighted by atomic mass is 16.5. The highest BCUT2D eigenvalue weighted by Crippen LogP contribution is 2.25. The quantitative estimate of drug-likeness (QED) is 0.687. The molecule has 1 amide bonds. The first-order chi connectivity index (χ1) is 14.0. The summed E-state index contributed by atoms with van der Waals surface area (Å²) in [4.78, 5) is 41.9. The minimum Gasteiger partial charge on any atom is -0.383 e. The molecular weight excluding hydrogens is 372 g/mol. The van der Waals surface area contributed by atoms with E-state index in [9.17, 15) is 14.4 Å². The largest absolute Gasteiger partial charge is 0.383 e. The highest BCUT2D eigenvalue weighted by molar-refractivity contribution is 5.97. The number of carbonyl (C=O) groups excluding carboxylic acids is 1. The zero-order chi connectivity index (χ0) is 20.8. The fraction of sp³-hybridized carbons (Fsp3) is 0.381. The van der Waals surface area contributed by atoms with Crippen molar-refractivity contribution in [2.45, 2.75) is 25.8 Å². The van der Waals surface area contributed by atoms with Crippen LogP contribution in [-0.4, -0.2) is 35.7 Å². The number of aromatic nitrogens is 2. The smallest absolute Gasteiger partial charge is 0.330 e. The first-order valence-electron chi connectivity index (χ1n) is 9.64. The molecule has 0 bridgehead atoms. The molecule has 3 N–H and O–H groups in total. The summed E-state index contributed by atoms with van der Waals surface area (Å²) in [5.41, 5.74) is 5.83. The highest BCUT2D eigenvalue weighted by Gasteiger charge is 2.29. The average molecular weight is 398 g/mol. The first-order valence-corrected chi connectivity index (χ1v) is 9.64. The van der Waals surface area contributed by atoms with Crippen molar-refractivity contribution in [1.29, 1.82) is 0 Å². The van der Waals surface area contributed by atoms with Gasteiger partial charge in [0.05, 0.1) is 13.2 Å². The summed E-state index contributed by atoms with van der Waals surface area (Å²) in [6.45, 7) is 0.602. The van der Waals surface area contributed by atoms with Gasteiger partial charge in [-0.1, -0.05) is 42.5 Å². The maximum Gasteiger partial charge on any atom is 0.330 e. The van der Waals surface area contributed by atoms with E-state index in [0.717, 1.165) is 12.0 Å². The molecule has 1 aliphatic carbocycles. The Kier molecular flexibility index (Phi) is 6.66. The summed E-state index contributed by atoms with van der Waals surface area (Å²) in [6, 6.07) is 9.30. The molecule has 0 fully saturated rings. The maximum absolute atomic E-state index is 13.2. The number of nitrogen functional groups attached to an aromatic ring is 1. The fourth-order valence-electron chi connectivity index (χ4n) is 3.51. The third-order valence-corrected chi connectivity index (χ3v) is 5.07. The molecule has 0 spiro atoms. The average Bonchev–Trinajstić information content (AvgIpc) is 2.74. The standard InChI is InChI=1S/C21H26N4O4/c1-29-13-12-24(20(27)16-10-6-3-7-11-16)17-18(22)25(21(28)23-19(17)26)14-15-8-4-2-5-9-15/h2-6,8-9,16H,7,10-14,22H2,1H3,(H,23,26,28). The van der Waals surface area contributed by atoms with Crippen molar-refractivity contribution in [2.75, 3.05) is 30.9 Å². The molecule has 1 heterocycles. The van der Waals surface area contributed by atoms with E-state index in [4.69, 9.17) is 10.5 Å². The predicted octanol–water partition coefficient (Wildman–Crippen LogP) is 1.50. The zero-order valence-electron chi connectivity index (χ0n) is 16.5. The number of nitrogens with zero attached hydrogens (tertiary/aromatic N) is 2. The van der Waals surface area contributed by atoms with Gasteiger partial charge in [-0.2, -0.15) is 0 Å². The van der Waals surface area contributed by atoms with Gasteiger partial charge in [0, 0.05) is 19.6 Å². The number of H-pyrrole nitrogens is 1. The minimum absolute atomic E-state index is 0.00265. The molecule has 0 radical (unpaired) electrons. The number of nitrogens with one attached hydrogen (secondary N) is 1. The van der Waals surface area contributed by atoms with Crippen LogP contribution in [0, 0.1) is 5.92 Å². The number of benzene rings is 1. The normalized spacial score (nSPS) is 16.0. The van der Waals surface area contributed by atoms with Crippen LogP contribution in [0.3, 0.4) is 0 Å². The Morgan fingerprint density at radius 1 is 1.28 bits per heavy atom. The lowest BCUT2D eigenvalue weighted by Gasteiger charge is -2.28. The molecule has 0 saturated carbocycles. The molecule has 1 aromatic carbocycles. The van der Waals surface area contributed by atoms with Crippen molar-refractivity contribution >= 4 is 17.4 Å². The number of rotatable bonds is 7. The van der Waals surface area contributed by atoms with E-state index in [2.05, 4.69) is 4.98 Å². The van der Waals surface area contributed by atoms with Gasteiger partial charge >= 0.3 is 5.69 Å². The Labute approximate surface area is 168 Å². The van der Waals surface area contributed by atoms with Crippen LogP contribution in [-0.2, 0) is 16.1 Å². The molecule has 2 aromatic rings. The first kappa shape index (κ1) is 20.6. The number of aromatic amines is 1. The van der Waals surface area contributed by atoms with Crippen LogP contribution < -0.4 is 21.9 Å². The van der Waals surface area contributed by atoms with Crippen LogP contribution in [0.1, 0.15) is 24.8 Å². The van der Waals surface area contributed by atoms with Crippen molar-refractivity contribution in [3.05, 3.63) is 68.9 Å². The topological polar surface area (TPSA) is 110 Å². The monoisotopic (exact) mass is 398 g/mol. The van der Waals surface area contributed by atoms with Crippen LogP contribution in [0.25, 0.3) is 0 Å². The molecule has 29 heavy (non-hydrogen) atoms. The number of anilines is 2. The molecule has 1 unspecified atom stereocenters. The van der Waals surface area contributed by atoms with Crippen molar-refractivity contribution in [1.82, 2.24) is 9.55 Å². The Morgan fingerprint density at radius 2 is 2.03 bits per heavy atom. The van der Waals surface area contributed by atoms with Gasteiger partial charge in [-0.15, -0.1) is 0 Å². The van der Waals surface area contributed by atoms with Gasteiger partial charge in [0.1, 0.15) is 5.82 Å². The van der Waals surface area contributed by atoms with Gasteiger partial charge in [0.2, 0.25) is 5.91 Å². The van der Waals surface area contributed by atoms with Crippen molar-refractivity contribution in [3.63, 3.8) is 0 Å². The number of nitrogens with two attached hydrogens (primary N) is 1. The van der Waals surface area contributed by atoms with E-state index in [-0.39, 0.29) is 43.0 Å². The lowest BCUT2D eigenvalue weighted by atomic mass is 9.93. The van der Waals surface area contributed by atoms with Crippen LogP contribution >= 0.6 is 0 Å². The van der Waals surface area contributed by atoms with Gasteiger partial charge in [0.25, 0.3) is 5.56 Å². The Balaban J connectivity index is 2.03. The summed E-state index contributed by atoms with van der Waals surface area (Å²) in [7, 11) is 1.52. The number of hydrogen-bond donors (Lipinski definition) is 2. The molecule has 8 nitrogen and oxygen atoms in total. The van der Waals surface area contributed by atoms with Gasteiger partial charge in [-0.3, -0.25) is 19.1 Å². The van der Waals surface area contributed by atoms with E-state index in [1.165, 1.54) is 16.6 Å². The number of hydrogen-bond acceptors (Lipinski definition) is 5. The van der Waals surface area contributed by atoms with Crippen LogP contribution in [0.5, 0.6) is 0 Å². The summed E-state index contributed by atoms with van der Waals surface area (Å²) in [6.07, 6.45) is 6.16. The number of allylic oxidation sites excluding steroid dienone is 2. The van der Waals surface area contributed by atoms with Gasteiger partial charge in [-0.05, 0) is 24.8 Å². The van der Waals surface area contributed by atoms with Crippen LogP contribution in [0.2, 0.25) is 0 Å². The number of carbonyl (C=O) groups is 1. The van der Waals surface area contributed by atoms with Crippen molar-refractivity contribution < 1.29 is 9.53 Å². The van der Waals surface area contributed by atoms with Gasteiger partial charge in [-0.25, -0.2) is 4.79 Å². The summed E-state index contributed by atoms with van der Waals surface area (Å²) in [5, 5.41) is 0. The molecule has 0 aliphatic heterocycles. The summed E-state index contributed by atoms with van der Waals surface area (Å²) in [5.74, 6) is -0.447. The number of ether oxygens (including phenoxy) is 1. The molecule has 154 valence electrons. The number of methoxy groups -OCH3 is 1. The molecule has 1 atom stereocenters. The number of amides is 1. The van der Waals surface area contributed by atoms with Crippen molar-refractivity contribution in [3.8, 4) is 0 Å². The molecular formula is C21H26N4O4.